The van der Waals surface area contributed by atoms with Crippen LogP contribution in [0.4, 0.5) is 0 Å². The molecule has 2 aromatic rings. The second kappa shape index (κ2) is 14.5. The summed E-state index contributed by atoms with van der Waals surface area (Å²) in [6.07, 6.45) is 15.4. The largest absolute Gasteiger partial charge is 0.494 e. The van der Waals surface area contributed by atoms with Gasteiger partial charge in [0.25, 0.3) is 0 Å². The summed E-state index contributed by atoms with van der Waals surface area (Å²) < 4.78 is 11.1. The van der Waals surface area contributed by atoms with Gasteiger partial charge in [-0.3, -0.25) is 4.79 Å². The summed E-state index contributed by atoms with van der Waals surface area (Å²) in [6.45, 7) is 5.10. The van der Waals surface area contributed by atoms with E-state index < -0.39 is 0 Å². The average Bonchev–Trinajstić information content (AvgIpc) is 2.77. The summed E-state index contributed by atoms with van der Waals surface area (Å²) in [5.74, 6) is 1.61. The van der Waals surface area contributed by atoms with E-state index in [2.05, 4.69) is 23.8 Å². The van der Waals surface area contributed by atoms with Crippen LogP contribution in [0, 0.1) is 0 Å². The number of aromatic nitrogens is 2. The number of carbonyl (C=O) groups is 1. The molecule has 0 amide bonds. The molecule has 30 heavy (non-hydrogen) atoms. The maximum absolute atomic E-state index is 11.8. The molecule has 0 aliphatic rings. The third kappa shape index (κ3) is 9.38. The molecule has 0 fully saturated rings. The van der Waals surface area contributed by atoms with E-state index in [0.717, 1.165) is 43.6 Å². The van der Waals surface area contributed by atoms with Gasteiger partial charge in [-0.05, 0) is 37.1 Å². The maximum Gasteiger partial charge on any atom is 0.311 e. The van der Waals surface area contributed by atoms with Gasteiger partial charge < -0.3 is 9.47 Å². The second-order valence-electron chi connectivity index (χ2n) is 7.67. The zero-order valence-electron chi connectivity index (χ0n) is 18.6. The van der Waals surface area contributed by atoms with Gasteiger partial charge in [-0.2, -0.15) is 0 Å². The van der Waals surface area contributed by atoms with Gasteiger partial charge in [0.2, 0.25) is 0 Å². The molecule has 0 saturated heterocycles. The maximum atomic E-state index is 11.8. The Balaban J connectivity index is 1.72. The zero-order valence-corrected chi connectivity index (χ0v) is 18.6. The predicted molar refractivity (Wildman–Crippen MR) is 121 cm³/mol. The van der Waals surface area contributed by atoms with Crippen molar-refractivity contribution in [3.8, 4) is 22.9 Å². The van der Waals surface area contributed by atoms with Gasteiger partial charge in [0.05, 0.1) is 19.0 Å². The van der Waals surface area contributed by atoms with Crippen molar-refractivity contribution in [1.82, 2.24) is 9.97 Å². The minimum atomic E-state index is -0.234. The van der Waals surface area contributed by atoms with Gasteiger partial charge in [0.1, 0.15) is 5.75 Å². The van der Waals surface area contributed by atoms with Crippen LogP contribution < -0.4 is 9.47 Å². The van der Waals surface area contributed by atoms with E-state index in [1.165, 1.54) is 38.5 Å². The van der Waals surface area contributed by atoms with Crippen LogP contribution in [0.25, 0.3) is 11.4 Å². The van der Waals surface area contributed by atoms with Gasteiger partial charge in [0.15, 0.2) is 11.6 Å². The van der Waals surface area contributed by atoms with E-state index in [9.17, 15) is 4.79 Å². The van der Waals surface area contributed by atoms with Gasteiger partial charge in [-0.15, -0.1) is 0 Å². The fourth-order valence-corrected chi connectivity index (χ4v) is 3.17. The minimum Gasteiger partial charge on any atom is -0.494 e. The second-order valence-corrected chi connectivity index (χ2v) is 7.67. The fraction of sp³-hybridized carbons (Fsp3) is 0.560. The number of esters is 1. The monoisotopic (exact) mass is 412 g/mol. The van der Waals surface area contributed by atoms with Gasteiger partial charge in [-0.25, -0.2) is 9.97 Å². The van der Waals surface area contributed by atoms with E-state index in [-0.39, 0.29) is 5.97 Å². The number of unbranched alkanes of at least 4 members (excludes halogenated alkanes) is 8. The molecule has 5 heteroatoms. The van der Waals surface area contributed by atoms with Crippen molar-refractivity contribution in [2.45, 2.75) is 84.5 Å². The highest BCUT2D eigenvalue weighted by atomic mass is 16.5. The third-order valence-electron chi connectivity index (χ3n) is 4.97. The van der Waals surface area contributed by atoms with Crippen LogP contribution in [0.5, 0.6) is 11.5 Å². The van der Waals surface area contributed by atoms with Crippen LogP contribution in [-0.4, -0.2) is 22.5 Å². The molecule has 5 nitrogen and oxygen atoms in total. The molecule has 0 saturated carbocycles. The number of benzene rings is 1. The van der Waals surface area contributed by atoms with Crippen LogP contribution in [0.3, 0.4) is 0 Å². The molecule has 0 atom stereocenters. The van der Waals surface area contributed by atoms with Crippen LogP contribution in [0.1, 0.15) is 84.5 Å². The summed E-state index contributed by atoms with van der Waals surface area (Å²) in [7, 11) is 0. The topological polar surface area (TPSA) is 61.3 Å². The fourth-order valence-electron chi connectivity index (χ4n) is 3.17. The molecular formula is C25H36N2O3. The summed E-state index contributed by atoms with van der Waals surface area (Å²) >= 11 is 0. The molecule has 2 rings (SSSR count). The summed E-state index contributed by atoms with van der Waals surface area (Å²) in [5, 5.41) is 0. The molecule has 164 valence electrons. The molecule has 1 aromatic carbocycles. The van der Waals surface area contributed by atoms with Crippen molar-refractivity contribution in [2.24, 2.45) is 0 Å². The first kappa shape index (κ1) is 23.8. The third-order valence-corrected chi connectivity index (χ3v) is 4.97. The molecule has 0 radical (unpaired) electrons. The molecule has 0 aliphatic carbocycles. The molecule has 0 aliphatic heterocycles. The lowest BCUT2D eigenvalue weighted by atomic mass is 10.1. The highest BCUT2D eigenvalue weighted by Gasteiger charge is 2.07. The Morgan fingerprint density at radius 3 is 2.03 bits per heavy atom. The Bertz CT molecular complexity index is 714. The van der Waals surface area contributed by atoms with Crippen molar-refractivity contribution in [3.63, 3.8) is 0 Å². The van der Waals surface area contributed by atoms with Gasteiger partial charge in [0, 0.05) is 12.0 Å². The Kier molecular flexibility index (Phi) is 11.6. The highest BCUT2D eigenvalue weighted by Crippen LogP contribution is 2.21. The Morgan fingerprint density at radius 1 is 0.767 bits per heavy atom. The quantitative estimate of drug-likeness (QED) is 0.239. The first-order valence-corrected chi connectivity index (χ1v) is 11.5. The highest BCUT2D eigenvalue weighted by molar-refractivity contribution is 5.72. The SMILES string of the molecule is CCCCCCCCCOc1ccc(-c2ncc(OC(=O)CCCCC)cn2)cc1. The number of carbonyl (C=O) groups excluding carboxylic acids is 1. The van der Waals surface area contributed by atoms with Crippen molar-refractivity contribution in [2.75, 3.05) is 6.61 Å². The van der Waals surface area contributed by atoms with Crippen LogP contribution in [0.2, 0.25) is 0 Å². The number of rotatable bonds is 15. The first-order chi connectivity index (χ1) is 14.7. The Morgan fingerprint density at radius 2 is 1.37 bits per heavy atom. The number of nitrogens with zero attached hydrogens (tertiary/aromatic N) is 2. The van der Waals surface area contributed by atoms with E-state index in [1.54, 1.807) is 12.4 Å². The smallest absolute Gasteiger partial charge is 0.311 e. The molecule has 1 aromatic heterocycles. The molecule has 0 unspecified atom stereocenters. The van der Waals surface area contributed by atoms with E-state index in [1.807, 2.05) is 24.3 Å². The number of ether oxygens (including phenoxy) is 2. The van der Waals surface area contributed by atoms with Crippen molar-refractivity contribution < 1.29 is 14.3 Å². The summed E-state index contributed by atoms with van der Waals surface area (Å²) in [6, 6.07) is 7.79. The summed E-state index contributed by atoms with van der Waals surface area (Å²) in [4.78, 5) is 20.4. The van der Waals surface area contributed by atoms with Crippen LogP contribution in [-0.2, 0) is 4.79 Å². The van der Waals surface area contributed by atoms with Crippen molar-refractivity contribution >= 4 is 5.97 Å². The molecule has 0 bridgehead atoms. The number of hydrogen-bond acceptors (Lipinski definition) is 5. The van der Waals surface area contributed by atoms with E-state index in [0.29, 0.717) is 18.0 Å². The van der Waals surface area contributed by atoms with Gasteiger partial charge >= 0.3 is 5.97 Å². The summed E-state index contributed by atoms with van der Waals surface area (Å²) in [5.41, 5.74) is 0.902. The molecular weight excluding hydrogens is 376 g/mol. The normalized spacial score (nSPS) is 10.7. The van der Waals surface area contributed by atoms with Crippen molar-refractivity contribution in [3.05, 3.63) is 36.7 Å². The Labute approximate surface area is 181 Å². The minimum absolute atomic E-state index is 0.234. The predicted octanol–water partition coefficient (Wildman–Crippen LogP) is 6.76. The standard InChI is InChI=1S/C25H36N2O3/c1-3-5-7-8-9-10-12-18-29-22-16-14-21(15-17-22)25-26-19-23(20-27-25)30-24(28)13-11-6-4-2/h14-17,19-20H,3-13,18H2,1-2H3. The molecule has 0 N–H and O–H groups in total. The lowest BCUT2D eigenvalue weighted by molar-refractivity contribution is -0.134. The lowest BCUT2D eigenvalue weighted by Crippen LogP contribution is -2.08. The van der Waals surface area contributed by atoms with E-state index in [4.69, 9.17) is 9.47 Å². The average molecular weight is 413 g/mol. The lowest BCUT2D eigenvalue weighted by Gasteiger charge is -2.08. The number of hydrogen-bond donors (Lipinski definition) is 0. The Hall–Kier alpha value is -2.43. The zero-order chi connectivity index (χ0) is 21.4. The van der Waals surface area contributed by atoms with Crippen molar-refractivity contribution in [1.29, 1.82) is 0 Å². The first-order valence-electron chi connectivity index (χ1n) is 11.5. The van der Waals surface area contributed by atoms with Gasteiger partial charge in [-0.1, -0.05) is 65.2 Å². The molecule has 1 heterocycles. The van der Waals surface area contributed by atoms with Crippen LogP contribution >= 0.6 is 0 Å². The molecule has 0 spiro atoms. The van der Waals surface area contributed by atoms with Crippen LogP contribution in [0.15, 0.2) is 36.7 Å². The van der Waals surface area contributed by atoms with E-state index >= 15 is 0 Å².